The zero-order valence-electron chi connectivity index (χ0n) is 16.0. The van der Waals surface area contributed by atoms with Gasteiger partial charge in [-0.15, -0.1) is 0 Å². The summed E-state index contributed by atoms with van der Waals surface area (Å²) < 4.78 is 23.1. The molecule has 0 saturated heterocycles. The fraction of sp³-hybridized carbons (Fsp3) is 0.211. The first-order valence-corrected chi connectivity index (χ1v) is 10.1. The van der Waals surface area contributed by atoms with Crippen molar-refractivity contribution in [2.75, 3.05) is 16.2 Å². The van der Waals surface area contributed by atoms with Crippen molar-refractivity contribution in [1.82, 2.24) is 15.0 Å². The van der Waals surface area contributed by atoms with E-state index in [-0.39, 0.29) is 6.04 Å². The van der Waals surface area contributed by atoms with E-state index in [0.29, 0.717) is 23.1 Å². The second-order valence-corrected chi connectivity index (χ2v) is 6.89. The van der Waals surface area contributed by atoms with Crippen LogP contribution in [0.4, 0.5) is 23.1 Å². The molecule has 1 aromatic carbocycles. The minimum atomic E-state index is -2.23. The normalized spacial score (nSPS) is 12.9. The Hall–Kier alpha value is -3.24. The number of hydrazine groups is 1. The van der Waals surface area contributed by atoms with E-state index < -0.39 is 10.9 Å². The van der Waals surface area contributed by atoms with Gasteiger partial charge in [0, 0.05) is 24.0 Å². The molecule has 0 bridgehead atoms. The summed E-state index contributed by atoms with van der Waals surface area (Å²) in [5, 5.41) is 3.28. The van der Waals surface area contributed by atoms with E-state index in [1.54, 1.807) is 36.5 Å². The maximum atomic E-state index is 10.7. The molecule has 1 atom stereocenters. The van der Waals surface area contributed by atoms with Gasteiger partial charge >= 0.3 is 0 Å². The molecule has 0 aliphatic heterocycles. The summed E-state index contributed by atoms with van der Waals surface area (Å²) in [4.78, 5) is 13.4. The largest absolute Gasteiger partial charge is 0.454 e. The van der Waals surface area contributed by atoms with Crippen LogP contribution in [0.15, 0.2) is 59.1 Å². The Labute approximate surface area is 171 Å². The maximum Gasteiger partial charge on any atom is 0.225 e. The minimum absolute atomic E-state index is 0.225. The van der Waals surface area contributed by atoms with E-state index in [1.165, 1.54) is 0 Å². The van der Waals surface area contributed by atoms with E-state index in [9.17, 15) is 4.21 Å². The molecule has 0 aliphatic carbocycles. The second-order valence-electron chi connectivity index (χ2n) is 6.25. The van der Waals surface area contributed by atoms with Gasteiger partial charge in [-0.2, -0.15) is 4.98 Å². The summed E-state index contributed by atoms with van der Waals surface area (Å²) in [6.07, 6.45) is 2.66. The number of nitrogens with one attached hydrogen (secondary N) is 3. The molecular weight excluding hydrogens is 390 g/mol. The Kier molecular flexibility index (Phi) is 6.93. The van der Waals surface area contributed by atoms with E-state index in [4.69, 9.17) is 4.55 Å². The van der Waals surface area contributed by atoms with Crippen LogP contribution >= 0.6 is 0 Å². The lowest BCUT2D eigenvalue weighted by Gasteiger charge is -2.15. The molecule has 2 aromatic heterocycles. The van der Waals surface area contributed by atoms with Crippen LogP contribution in [0, 0.1) is 0 Å². The molecular formula is C19H22N7O2S-. The van der Waals surface area contributed by atoms with Crippen molar-refractivity contribution in [2.45, 2.75) is 26.3 Å². The number of pyridine rings is 1. The Morgan fingerprint density at radius 3 is 2.55 bits per heavy atom. The topological polar surface area (TPSA) is 124 Å². The Morgan fingerprint density at radius 1 is 1.10 bits per heavy atom. The monoisotopic (exact) mass is 412 g/mol. The number of aromatic nitrogens is 3. The van der Waals surface area contributed by atoms with Crippen LogP contribution in [0.1, 0.15) is 20.3 Å². The number of anilines is 3. The lowest BCUT2D eigenvalue weighted by Crippen LogP contribution is -2.17. The van der Waals surface area contributed by atoms with E-state index in [0.717, 1.165) is 17.8 Å². The highest BCUT2D eigenvalue weighted by molar-refractivity contribution is 7.68. The molecule has 0 fully saturated rings. The third kappa shape index (κ3) is 6.13. The first-order chi connectivity index (χ1) is 14.0. The molecule has 3 rings (SSSR count). The smallest absolute Gasteiger partial charge is 0.225 e. The van der Waals surface area contributed by atoms with Gasteiger partial charge in [0.05, 0.1) is 17.1 Å². The molecule has 10 heteroatoms. The molecule has 29 heavy (non-hydrogen) atoms. The first-order valence-electron chi connectivity index (χ1n) is 9.05. The summed E-state index contributed by atoms with van der Waals surface area (Å²) in [5.41, 5.74) is 8.68. The zero-order valence-corrected chi connectivity index (χ0v) is 16.8. The molecule has 0 spiro atoms. The summed E-state index contributed by atoms with van der Waals surface area (Å²) in [7, 11) is -2.23. The average Bonchev–Trinajstić information content (AvgIpc) is 2.73. The van der Waals surface area contributed by atoms with Gasteiger partial charge in [-0.3, -0.25) is 15.8 Å². The molecule has 0 saturated carbocycles. The number of benzene rings is 1. The fourth-order valence-electron chi connectivity index (χ4n) is 2.38. The lowest BCUT2D eigenvalue weighted by atomic mass is 10.2. The Bertz CT molecular complexity index is 1020. The number of nitrogens with zero attached hydrogens (tertiary/aromatic N) is 4. The summed E-state index contributed by atoms with van der Waals surface area (Å²) in [6.45, 7) is 4.15. The molecule has 152 valence electrons. The molecule has 0 aliphatic rings. The third-order valence-electron chi connectivity index (χ3n) is 4.03. The lowest BCUT2D eigenvalue weighted by molar-refractivity contribution is 0.529. The Morgan fingerprint density at radius 2 is 1.90 bits per heavy atom. The standard InChI is InChI=1S/C19H22N7O2S/c1-3-13(2)21-19-22-17(16-6-4-5-11-20-16)12-18(23-19)25-24-14-7-9-15(10-8-14)26-29(27)28/h4-13,24H,3H2,1-2H3,(H,26,27,28)(H2,21,22,23,25)/q-1/t13-/m0/s1. The predicted molar refractivity (Wildman–Crippen MR) is 115 cm³/mol. The van der Waals surface area contributed by atoms with E-state index in [1.807, 2.05) is 18.2 Å². The maximum absolute atomic E-state index is 10.7. The minimum Gasteiger partial charge on any atom is -0.454 e. The van der Waals surface area contributed by atoms with E-state index >= 15 is 0 Å². The van der Waals surface area contributed by atoms with Gasteiger partial charge in [0.1, 0.15) is 0 Å². The molecule has 4 N–H and O–H groups in total. The van der Waals surface area contributed by atoms with Crippen molar-refractivity contribution in [3.05, 3.63) is 54.7 Å². The second kappa shape index (κ2) is 9.80. The predicted octanol–water partition coefficient (Wildman–Crippen LogP) is 4.44. The first kappa shape index (κ1) is 20.5. The van der Waals surface area contributed by atoms with Crippen LogP contribution < -0.4 is 16.2 Å². The highest BCUT2D eigenvalue weighted by Gasteiger charge is 2.09. The number of rotatable bonds is 8. The summed E-state index contributed by atoms with van der Waals surface area (Å²) in [6, 6.07) is 14.4. The highest BCUT2D eigenvalue weighted by atomic mass is 32.2. The van der Waals surface area contributed by atoms with Crippen LogP contribution in [0.25, 0.3) is 11.4 Å². The van der Waals surface area contributed by atoms with Gasteiger partial charge in [0.25, 0.3) is 0 Å². The van der Waals surface area contributed by atoms with Gasteiger partial charge in [0.15, 0.2) is 5.82 Å². The van der Waals surface area contributed by atoms with Crippen molar-refractivity contribution < 1.29 is 8.76 Å². The number of hydrogen-bond donors (Lipinski definition) is 4. The summed E-state index contributed by atoms with van der Waals surface area (Å²) in [5.74, 6) is 1.07. The molecule has 0 amide bonds. The van der Waals surface area contributed by atoms with Crippen LogP contribution in [0.5, 0.6) is 0 Å². The molecule has 9 nitrogen and oxygen atoms in total. The van der Waals surface area contributed by atoms with Crippen molar-refractivity contribution in [1.29, 1.82) is 0 Å². The van der Waals surface area contributed by atoms with Crippen molar-refractivity contribution in [3.8, 4) is 11.4 Å². The van der Waals surface area contributed by atoms with Crippen molar-refractivity contribution in [3.63, 3.8) is 0 Å². The van der Waals surface area contributed by atoms with Crippen LogP contribution in [-0.2, 0) is 15.1 Å². The molecule has 0 radical (unpaired) electrons. The number of hydrogen-bond acceptors (Lipinski definition) is 9. The molecule has 0 unspecified atom stereocenters. The third-order valence-corrected chi connectivity index (χ3v) is 4.39. The van der Waals surface area contributed by atoms with Gasteiger partial charge < -0.3 is 18.4 Å². The molecule has 2 heterocycles. The van der Waals surface area contributed by atoms with Gasteiger partial charge in [-0.05, 0) is 49.7 Å². The average molecular weight is 412 g/mol. The van der Waals surface area contributed by atoms with Crippen LogP contribution in [-0.4, -0.2) is 25.5 Å². The fourth-order valence-corrected chi connectivity index (χ4v) is 2.68. The van der Waals surface area contributed by atoms with Gasteiger partial charge in [-0.25, -0.2) is 4.98 Å². The van der Waals surface area contributed by atoms with E-state index in [2.05, 4.69) is 49.3 Å². The van der Waals surface area contributed by atoms with Gasteiger partial charge in [0.2, 0.25) is 5.95 Å². The van der Waals surface area contributed by atoms with Crippen molar-refractivity contribution in [2.24, 2.45) is 4.36 Å². The highest BCUT2D eigenvalue weighted by Crippen LogP contribution is 2.21. The van der Waals surface area contributed by atoms with Gasteiger partial charge in [-0.1, -0.05) is 23.9 Å². The SMILES string of the molecule is CC[C@H](C)Nc1nc(NNc2ccc(N=[S-](=O)O)cc2)cc(-c2ccccn2)n1. The summed E-state index contributed by atoms with van der Waals surface area (Å²) >= 11 is 0. The quantitative estimate of drug-likeness (QED) is 0.243. The van der Waals surface area contributed by atoms with Crippen molar-refractivity contribution >= 4 is 34.0 Å². The molecule has 3 aromatic rings. The Balaban J connectivity index is 1.81. The van der Waals surface area contributed by atoms with Crippen LogP contribution in [0.2, 0.25) is 0 Å². The van der Waals surface area contributed by atoms with Crippen LogP contribution in [0.3, 0.4) is 0 Å². The zero-order chi connectivity index (χ0) is 20.6.